The molecule has 1 aromatic heterocycles. The van der Waals surface area contributed by atoms with Crippen molar-refractivity contribution in [1.29, 1.82) is 0 Å². The van der Waals surface area contributed by atoms with Gasteiger partial charge in [-0.05, 0) is 57.2 Å². The number of piperidine rings is 1. The van der Waals surface area contributed by atoms with Crippen LogP contribution in [-0.4, -0.2) is 55.1 Å². The number of hydrogen-bond donors (Lipinski definition) is 3. The number of primary sulfonamides is 1. The summed E-state index contributed by atoms with van der Waals surface area (Å²) in [5.74, 6) is 0.539. The molecule has 8 heteroatoms. The molecular formula is C17H28N4O3S. The molecule has 0 bridgehead atoms. The quantitative estimate of drug-likeness (QED) is 0.722. The molecule has 1 aliphatic carbocycles. The summed E-state index contributed by atoms with van der Waals surface area (Å²) in [6.07, 6.45) is 9.03. The Hall–Kier alpha value is -1.38. The van der Waals surface area contributed by atoms with Crippen LogP contribution in [0.5, 0.6) is 0 Å². The smallest absolute Gasteiger partial charge is 0.253 e. The lowest BCUT2D eigenvalue weighted by Crippen LogP contribution is -2.45. The Kier molecular flexibility index (Phi) is 5.81. The zero-order valence-electron chi connectivity index (χ0n) is 14.5. The zero-order valence-corrected chi connectivity index (χ0v) is 15.3. The van der Waals surface area contributed by atoms with Crippen LogP contribution < -0.4 is 10.5 Å². The Morgan fingerprint density at radius 1 is 1.28 bits per heavy atom. The maximum Gasteiger partial charge on any atom is 0.253 e. The minimum absolute atomic E-state index is 0.0131. The second-order valence-corrected chi connectivity index (χ2v) is 9.24. The van der Waals surface area contributed by atoms with E-state index in [1.165, 1.54) is 6.42 Å². The number of hydrogen-bond acceptors (Lipinski definition) is 4. The fraction of sp³-hybridized carbons (Fsp3) is 0.706. The van der Waals surface area contributed by atoms with Gasteiger partial charge in [0.05, 0.1) is 10.8 Å². The minimum atomic E-state index is -3.40. The molecule has 2 heterocycles. The molecule has 1 saturated carbocycles. The lowest BCUT2D eigenvalue weighted by atomic mass is 9.85. The molecular weight excluding hydrogens is 340 g/mol. The SMILES string of the molecule is NS(=O)(=O)C1CCN(C[C@@H]2CCC[C@@H](NC(=O)c3cc[nH]c3)C2)CC1. The standard InChI is InChI=1S/C17H28N4O3S/c18-25(23,24)16-5-8-21(9-6-16)12-13-2-1-3-15(10-13)20-17(22)14-4-7-19-11-14/h4,7,11,13,15-16,19H,1-3,5-6,8-10,12H2,(H,20,22)(H2,18,23,24)/t13-,15-/m1/s1. The van der Waals surface area contributed by atoms with Gasteiger partial charge in [0.25, 0.3) is 5.91 Å². The normalized spacial score (nSPS) is 26.4. The molecule has 0 unspecified atom stereocenters. The number of carbonyl (C=O) groups is 1. The first-order valence-corrected chi connectivity index (χ1v) is 10.7. The molecule has 0 aromatic carbocycles. The van der Waals surface area contributed by atoms with Crippen molar-refractivity contribution in [3.05, 3.63) is 24.0 Å². The highest BCUT2D eigenvalue weighted by molar-refractivity contribution is 7.89. The molecule has 0 spiro atoms. The number of nitrogens with zero attached hydrogens (tertiary/aromatic N) is 1. The van der Waals surface area contributed by atoms with Crippen LogP contribution in [0.2, 0.25) is 0 Å². The monoisotopic (exact) mass is 368 g/mol. The van der Waals surface area contributed by atoms with Gasteiger partial charge in [0.15, 0.2) is 0 Å². The number of amides is 1. The van der Waals surface area contributed by atoms with E-state index in [1.54, 1.807) is 18.5 Å². The third-order valence-electron chi connectivity index (χ3n) is 5.49. The summed E-state index contributed by atoms with van der Waals surface area (Å²) in [7, 11) is -3.40. The number of H-pyrrole nitrogens is 1. The van der Waals surface area contributed by atoms with E-state index in [0.717, 1.165) is 38.9 Å². The van der Waals surface area contributed by atoms with Gasteiger partial charge in [-0.2, -0.15) is 0 Å². The van der Waals surface area contributed by atoms with Gasteiger partial charge < -0.3 is 15.2 Å². The number of nitrogens with two attached hydrogens (primary N) is 1. The first kappa shape index (κ1) is 18.4. The highest BCUT2D eigenvalue weighted by atomic mass is 32.2. The highest BCUT2D eigenvalue weighted by Gasteiger charge is 2.30. The molecule has 1 aliphatic heterocycles. The van der Waals surface area contributed by atoms with Crippen molar-refractivity contribution >= 4 is 15.9 Å². The third-order valence-corrected chi connectivity index (χ3v) is 6.89. The van der Waals surface area contributed by atoms with Crippen molar-refractivity contribution < 1.29 is 13.2 Å². The molecule has 4 N–H and O–H groups in total. The van der Waals surface area contributed by atoms with E-state index in [-0.39, 0.29) is 17.2 Å². The van der Waals surface area contributed by atoms with Crippen molar-refractivity contribution in [3.63, 3.8) is 0 Å². The summed E-state index contributed by atoms with van der Waals surface area (Å²) < 4.78 is 22.9. The summed E-state index contributed by atoms with van der Waals surface area (Å²) in [6.45, 7) is 2.56. The van der Waals surface area contributed by atoms with E-state index in [0.29, 0.717) is 24.3 Å². The molecule has 2 atom stereocenters. The average molecular weight is 369 g/mol. The molecule has 1 aromatic rings. The summed E-state index contributed by atoms with van der Waals surface area (Å²) in [5.41, 5.74) is 0.673. The lowest BCUT2D eigenvalue weighted by Gasteiger charge is -2.36. The van der Waals surface area contributed by atoms with E-state index < -0.39 is 10.0 Å². The van der Waals surface area contributed by atoms with Crippen LogP contribution >= 0.6 is 0 Å². The Bertz CT molecular complexity index is 666. The largest absolute Gasteiger partial charge is 0.367 e. The molecule has 25 heavy (non-hydrogen) atoms. The van der Waals surface area contributed by atoms with Crippen LogP contribution in [0.25, 0.3) is 0 Å². The number of rotatable bonds is 5. The lowest BCUT2D eigenvalue weighted by molar-refractivity contribution is 0.0909. The van der Waals surface area contributed by atoms with Crippen molar-refractivity contribution in [2.75, 3.05) is 19.6 Å². The van der Waals surface area contributed by atoms with Gasteiger partial charge in [-0.3, -0.25) is 4.79 Å². The van der Waals surface area contributed by atoms with E-state index in [1.807, 2.05) is 0 Å². The molecule has 3 rings (SSSR count). The van der Waals surface area contributed by atoms with Crippen LogP contribution in [0.1, 0.15) is 48.9 Å². The number of likely N-dealkylation sites (tertiary alicyclic amines) is 1. The second kappa shape index (κ2) is 7.88. The Balaban J connectivity index is 1.45. The molecule has 1 amide bonds. The van der Waals surface area contributed by atoms with Gasteiger partial charge in [-0.25, -0.2) is 13.6 Å². The number of carbonyl (C=O) groups excluding carboxylic acids is 1. The van der Waals surface area contributed by atoms with Gasteiger partial charge in [-0.15, -0.1) is 0 Å². The van der Waals surface area contributed by atoms with Crippen LogP contribution in [0.4, 0.5) is 0 Å². The predicted octanol–water partition coefficient (Wildman–Crippen LogP) is 1.06. The number of sulfonamides is 1. The topological polar surface area (TPSA) is 108 Å². The Morgan fingerprint density at radius 3 is 2.68 bits per heavy atom. The number of aromatic amines is 1. The van der Waals surface area contributed by atoms with Gasteiger partial charge in [0.1, 0.15) is 0 Å². The van der Waals surface area contributed by atoms with Crippen molar-refractivity contribution in [1.82, 2.24) is 15.2 Å². The van der Waals surface area contributed by atoms with Gasteiger partial charge in [0.2, 0.25) is 10.0 Å². The molecule has 7 nitrogen and oxygen atoms in total. The predicted molar refractivity (Wildman–Crippen MR) is 96.6 cm³/mol. The summed E-state index contributed by atoms with van der Waals surface area (Å²) in [4.78, 5) is 17.4. The van der Waals surface area contributed by atoms with E-state index in [4.69, 9.17) is 5.14 Å². The molecule has 2 aliphatic rings. The Morgan fingerprint density at radius 2 is 2.04 bits per heavy atom. The zero-order chi connectivity index (χ0) is 17.9. The van der Waals surface area contributed by atoms with Crippen LogP contribution in [0.15, 0.2) is 18.5 Å². The van der Waals surface area contributed by atoms with Gasteiger partial charge in [0, 0.05) is 25.0 Å². The molecule has 0 radical (unpaired) electrons. The third kappa shape index (κ3) is 5.05. The van der Waals surface area contributed by atoms with Crippen molar-refractivity contribution in [3.8, 4) is 0 Å². The highest BCUT2D eigenvalue weighted by Crippen LogP contribution is 2.27. The fourth-order valence-electron chi connectivity index (χ4n) is 4.11. The van der Waals surface area contributed by atoms with E-state index in [2.05, 4.69) is 15.2 Å². The van der Waals surface area contributed by atoms with Crippen molar-refractivity contribution in [2.45, 2.75) is 49.8 Å². The van der Waals surface area contributed by atoms with Crippen molar-refractivity contribution in [2.24, 2.45) is 11.1 Å². The Labute approximate surface area is 149 Å². The van der Waals surface area contributed by atoms with Crippen LogP contribution in [0, 0.1) is 5.92 Å². The minimum Gasteiger partial charge on any atom is -0.367 e. The second-order valence-electron chi connectivity index (χ2n) is 7.39. The number of nitrogens with one attached hydrogen (secondary N) is 2. The first-order chi connectivity index (χ1) is 11.9. The first-order valence-electron chi connectivity index (χ1n) is 9.09. The molecule has 1 saturated heterocycles. The molecule has 140 valence electrons. The summed E-state index contributed by atoms with van der Waals surface area (Å²) in [6, 6.07) is 2.01. The summed E-state index contributed by atoms with van der Waals surface area (Å²) >= 11 is 0. The average Bonchev–Trinajstić information content (AvgIpc) is 3.09. The number of aromatic nitrogens is 1. The van der Waals surface area contributed by atoms with Gasteiger partial charge >= 0.3 is 0 Å². The van der Waals surface area contributed by atoms with E-state index in [9.17, 15) is 13.2 Å². The molecule has 2 fully saturated rings. The van der Waals surface area contributed by atoms with Crippen LogP contribution in [-0.2, 0) is 10.0 Å². The maximum absolute atomic E-state index is 12.2. The van der Waals surface area contributed by atoms with Gasteiger partial charge in [-0.1, -0.05) is 6.42 Å². The van der Waals surface area contributed by atoms with Crippen LogP contribution in [0.3, 0.4) is 0 Å². The maximum atomic E-state index is 12.2. The van der Waals surface area contributed by atoms with E-state index >= 15 is 0 Å². The summed E-state index contributed by atoms with van der Waals surface area (Å²) in [5, 5.41) is 8.01. The fourth-order valence-corrected chi connectivity index (χ4v) is 4.98.